The maximum absolute atomic E-state index is 12.4. The predicted octanol–water partition coefficient (Wildman–Crippen LogP) is 3.42. The zero-order chi connectivity index (χ0) is 17.8. The summed E-state index contributed by atoms with van der Waals surface area (Å²) in [6.07, 6.45) is 3.35. The van der Waals surface area contributed by atoms with Crippen molar-refractivity contribution >= 4 is 17.7 Å². The van der Waals surface area contributed by atoms with E-state index in [1.165, 1.54) is 10.5 Å². The highest BCUT2D eigenvalue weighted by Crippen LogP contribution is 2.35. The average molecular weight is 366 g/mol. The van der Waals surface area contributed by atoms with E-state index in [1.54, 1.807) is 6.20 Å². The number of carbonyl (C=O) groups is 1. The van der Waals surface area contributed by atoms with Gasteiger partial charge in [0.1, 0.15) is 5.69 Å². The van der Waals surface area contributed by atoms with Crippen LogP contribution in [0.1, 0.15) is 30.3 Å². The number of hydrogen-bond acceptors (Lipinski definition) is 6. The third-order valence-electron chi connectivity index (χ3n) is 4.22. The van der Waals surface area contributed by atoms with Crippen LogP contribution in [0.15, 0.2) is 58.1 Å². The maximum Gasteiger partial charge on any atom is 0.227 e. The van der Waals surface area contributed by atoms with E-state index in [1.807, 2.05) is 42.1 Å². The molecule has 0 saturated heterocycles. The Labute approximate surface area is 155 Å². The number of aromatic nitrogens is 3. The Bertz CT molecular complexity index is 897. The van der Waals surface area contributed by atoms with Crippen molar-refractivity contribution in [3.05, 3.63) is 60.1 Å². The normalized spacial score (nSPS) is 16.1. The summed E-state index contributed by atoms with van der Waals surface area (Å²) in [7, 11) is 0. The molecule has 1 aliphatic rings. The number of fused-ring (bicyclic) bond motifs is 1. The highest BCUT2D eigenvalue weighted by atomic mass is 32.2. The summed E-state index contributed by atoms with van der Waals surface area (Å²) in [6, 6.07) is 13.8. The van der Waals surface area contributed by atoms with Gasteiger partial charge in [0.05, 0.1) is 6.04 Å². The first kappa shape index (κ1) is 16.8. The molecule has 1 N–H and O–H groups in total. The van der Waals surface area contributed by atoms with Crippen LogP contribution < -0.4 is 5.32 Å². The third kappa shape index (κ3) is 3.77. The molecule has 1 unspecified atom stereocenters. The van der Waals surface area contributed by atoms with Crippen molar-refractivity contribution in [2.24, 2.45) is 0 Å². The molecule has 4 rings (SSSR count). The second-order valence-electron chi connectivity index (χ2n) is 6.02. The van der Waals surface area contributed by atoms with Crippen LogP contribution in [0.5, 0.6) is 0 Å². The molecule has 6 nitrogen and oxygen atoms in total. The number of benzene rings is 1. The molecular weight excluding hydrogens is 348 g/mol. The van der Waals surface area contributed by atoms with Gasteiger partial charge in [-0.2, -0.15) is 4.98 Å². The van der Waals surface area contributed by atoms with Crippen molar-refractivity contribution in [3.63, 3.8) is 0 Å². The molecule has 7 heteroatoms. The minimum Gasteiger partial charge on any atom is -0.349 e. The average Bonchev–Trinajstić information content (AvgIpc) is 3.17. The smallest absolute Gasteiger partial charge is 0.227 e. The molecule has 1 atom stereocenters. The van der Waals surface area contributed by atoms with Crippen molar-refractivity contribution in [1.29, 1.82) is 0 Å². The molecule has 0 saturated carbocycles. The Morgan fingerprint density at radius 1 is 1.23 bits per heavy atom. The fourth-order valence-electron chi connectivity index (χ4n) is 2.93. The van der Waals surface area contributed by atoms with Gasteiger partial charge in [0, 0.05) is 29.7 Å². The molecule has 0 radical (unpaired) electrons. The van der Waals surface area contributed by atoms with Crippen molar-refractivity contribution in [2.45, 2.75) is 30.2 Å². The number of hydrogen-bond donors (Lipinski definition) is 1. The van der Waals surface area contributed by atoms with Crippen LogP contribution in [-0.2, 0) is 11.2 Å². The molecule has 0 fully saturated rings. The number of pyridine rings is 1. The summed E-state index contributed by atoms with van der Waals surface area (Å²) in [6.45, 7) is 0. The molecule has 0 bridgehead atoms. The summed E-state index contributed by atoms with van der Waals surface area (Å²) in [5.74, 6) is 1.90. The van der Waals surface area contributed by atoms with E-state index < -0.39 is 0 Å². The Kier molecular flexibility index (Phi) is 4.97. The van der Waals surface area contributed by atoms with Crippen LogP contribution in [0.3, 0.4) is 0 Å². The van der Waals surface area contributed by atoms with Crippen LogP contribution in [0, 0.1) is 0 Å². The zero-order valence-corrected chi connectivity index (χ0v) is 14.9. The first-order valence-electron chi connectivity index (χ1n) is 8.54. The number of nitrogens with one attached hydrogen (secondary N) is 1. The van der Waals surface area contributed by atoms with Crippen LogP contribution >= 0.6 is 11.8 Å². The summed E-state index contributed by atoms with van der Waals surface area (Å²) >= 11 is 1.84. The van der Waals surface area contributed by atoms with Crippen molar-refractivity contribution in [1.82, 2.24) is 20.4 Å². The van der Waals surface area contributed by atoms with Gasteiger partial charge in [0.2, 0.25) is 17.6 Å². The molecule has 3 aromatic rings. The lowest BCUT2D eigenvalue weighted by Crippen LogP contribution is -2.30. The Morgan fingerprint density at radius 2 is 2.12 bits per heavy atom. The van der Waals surface area contributed by atoms with Crippen molar-refractivity contribution in [3.8, 4) is 11.5 Å². The van der Waals surface area contributed by atoms with Gasteiger partial charge < -0.3 is 9.84 Å². The van der Waals surface area contributed by atoms with E-state index in [4.69, 9.17) is 4.52 Å². The largest absolute Gasteiger partial charge is 0.349 e. The van der Waals surface area contributed by atoms with E-state index in [0.29, 0.717) is 30.3 Å². The van der Waals surface area contributed by atoms with Gasteiger partial charge in [0.15, 0.2) is 0 Å². The zero-order valence-electron chi connectivity index (χ0n) is 14.1. The number of carbonyl (C=O) groups excluding carboxylic acids is 1. The van der Waals surface area contributed by atoms with Gasteiger partial charge in [-0.3, -0.25) is 9.78 Å². The highest BCUT2D eigenvalue weighted by Gasteiger charge is 2.22. The van der Waals surface area contributed by atoms with Gasteiger partial charge in [-0.25, -0.2) is 0 Å². The molecule has 1 amide bonds. The molecule has 132 valence electrons. The van der Waals surface area contributed by atoms with Crippen molar-refractivity contribution in [2.75, 3.05) is 5.75 Å². The van der Waals surface area contributed by atoms with E-state index >= 15 is 0 Å². The minimum absolute atomic E-state index is 0.00529. The molecular formula is C19H18N4O2S. The lowest BCUT2D eigenvalue weighted by atomic mass is 10.0. The summed E-state index contributed by atoms with van der Waals surface area (Å²) in [5.41, 5.74) is 1.86. The van der Waals surface area contributed by atoms with Crippen LogP contribution in [-0.4, -0.2) is 26.8 Å². The van der Waals surface area contributed by atoms with Gasteiger partial charge >= 0.3 is 0 Å². The second-order valence-corrected chi connectivity index (χ2v) is 7.16. The minimum atomic E-state index is -0.00529. The monoisotopic (exact) mass is 366 g/mol. The highest BCUT2D eigenvalue weighted by molar-refractivity contribution is 7.99. The number of nitrogens with zero attached hydrogens (tertiary/aromatic N) is 3. The molecule has 0 spiro atoms. The first-order chi connectivity index (χ1) is 12.8. The van der Waals surface area contributed by atoms with Gasteiger partial charge in [-0.05, 0) is 30.2 Å². The Morgan fingerprint density at radius 3 is 3.00 bits per heavy atom. The Hall–Kier alpha value is -2.67. The number of thioether (sulfide) groups is 1. The third-order valence-corrected chi connectivity index (χ3v) is 5.34. The van der Waals surface area contributed by atoms with Crippen LogP contribution in [0.2, 0.25) is 0 Å². The predicted molar refractivity (Wildman–Crippen MR) is 98.5 cm³/mol. The lowest BCUT2D eigenvalue weighted by molar-refractivity contribution is -0.121. The number of amides is 1. The standard InChI is InChI=1S/C19H18N4O2S/c24-17(21-14-10-12-26-16-7-2-1-5-13(14)16)8-9-18-22-19(23-25-18)15-6-3-4-11-20-15/h1-7,11,14H,8-10,12H2,(H,21,24). The van der Waals surface area contributed by atoms with E-state index in [-0.39, 0.29) is 11.9 Å². The SMILES string of the molecule is O=C(CCc1nc(-c2ccccn2)no1)NC1CCSc2ccccc21. The molecule has 1 aliphatic heterocycles. The van der Waals surface area contributed by atoms with E-state index in [9.17, 15) is 4.79 Å². The topological polar surface area (TPSA) is 80.9 Å². The van der Waals surface area contributed by atoms with Crippen LogP contribution in [0.25, 0.3) is 11.5 Å². The lowest BCUT2D eigenvalue weighted by Gasteiger charge is -2.25. The molecule has 0 aliphatic carbocycles. The van der Waals surface area contributed by atoms with E-state index in [2.05, 4.69) is 32.6 Å². The fraction of sp³-hybridized carbons (Fsp3) is 0.263. The van der Waals surface area contributed by atoms with Crippen molar-refractivity contribution < 1.29 is 9.32 Å². The second kappa shape index (κ2) is 7.70. The Balaban J connectivity index is 1.35. The number of aryl methyl sites for hydroxylation is 1. The van der Waals surface area contributed by atoms with E-state index in [0.717, 1.165) is 12.2 Å². The first-order valence-corrected chi connectivity index (χ1v) is 9.53. The van der Waals surface area contributed by atoms with Crippen LogP contribution in [0.4, 0.5) is 0 Å². The summed E-state index contributed by atoms with van der Waals surface area (Å²) < 4.78 is 5.23. The van der Waals surface area contributed by atoms with Gasteiger partial charge in [-0.1, -0.05) is 29.4 Å². The fourth-order valence-corrected chi connectivity index (χ4v) is 4.06. The summed E-state index contributed by atoms with van der Waals surface area (Å²) in [5, 5.41) is 7.06. The molecule has 3 heterocycles. The maximum atomic E-state index is 12.4. The molecule has 1 aromatic carbocycles. The van der Waals surface area contributed by atoms with Gasteiger partial charge in [0.25, 0.3) is 0 Å². The molecule has 2 aromatic heterocycles. The quantitative estimate of drug-likeness (QED) is 0.745. The van der Waals surface area contributed by atoms with Gasteiger partial charge in [-0.15, -0.1) is 11.8 Å². The number of rotatable bonds is 5. The summed E-state index contributed by atoms with van der Waals surface area (Å²) in [4.78, 5) is 22.1. The molecule has 26 heavy (non-hydrogen) atoms.